The first-order valence-electron chi connectivity index (χ1n) is 8.61. The summed E-state index contributed by atoms with van der Waals surface area (Å²) in [5.41, 5.74) is 0. The first-order valence-corrected chi connectivity index (χ1v) is 8.61. The van der Waals surface area contributed by atoms with Crippen LogP contribution in [0.5, 0.6) is 0 Å². The Kier molecular flexibility index (Phi) is 9.00. The molecule has 0 aromatic heterocycles. The Balaban J connectivity index is 3.07. The van der Waals surface area contributed by atoms with Gasteiger partial charge in [0.05, 0.1) is 0 Å². The molecule has 0 spiro atoms. The van der Waals surface area contributed by atoms with Gasteiger partial charge in [-0.05, 0) is 6.92 Å². The first-order chi connectivity index (χ1) is 13.0. The van der Waals surface area contributed by atoms with E-state index in [0.29, 0.717) is 0 Å². The molecule has 1 aliphatic heterocycles. The maximum atomic E-state index is 12.1. The Morgan fingerprint density at radius 2 is 1.46 bits per heavy atom. The molecule has 1 amide bonds. The van der Waals surface area contributed by atoms with Crippen LogP contribution in [0.4, 0.5) is 0 Å². The second-order valence-electron chi connectivity index (χ2n) is 6.31. The molecule has 0 radical (unpaired) electrons. The lowest BCUT2D eigenvalue weighted by atomic mass is 9.96. The molecule has 11 nitrogen and oxygen atoms in total. The predicted octanol–water partition coefficient (Wildman–Crippen LogP) is -1.02. The molecule has 1 rings (SSSR count). The van der Waals surface area contributed by atoms with Gasteiger partial charge in [0.2, 0.25) is 5.91 Å². The summed E-state index contributed by atoms with van der Waals surface area (Å²) in [6, 6.07) is -1.28. The van der Waals surface area contributed by atoms with Crippen LogP contribution in [-0.2, 0) is 42.9 Å². The third kappa shape index (κ3) is 7.61. The fourth-order valence-electron chi connectivity index (χ4n) is 2.62. The number of aliphatic hydroxyl groups is 1. The van der Waals surface area contributed by atoms with Gasteiger partial charge in [-0.2, -0.15) is 0 Å². The van der Waals surface area contributed by atoms with E-state index in [0.717, 1.165) is 20.8 Å². The summed E-state index contributed by atoms with van der Waals surface area (Å²) < 4.78 is 20.5. The molecule has 2 N–H and O–H groups in total. The molecule has 158 valence electrons. The zero-order valence-electron chi connectivity index (χ0n) is 16.1. The highest BCUT2D eigenvalue weighted by Crippen LogP contribution is 2.26. The summed E-state index contributed by atoms with van der Waals surface area (Å²) in [5.74, 6) is -2.93. The number of rotatable bonds is 8. The molecule has 28 heavy (non-hydrogen) atoms. The maximum absolute atomic E-state index is 12.1. The van der Waals surface area contributed by atoms with Gasteiger partial charge in [-0.15, -0.1) is 0 Å². The van der Waals surface area contributed by atoms with Gasteiger partial charge in [0.25, 0.3) is 0 Å². The molecular weight excluding hydrogens is 378 g/mol. The number of carbonyl (C=O) groups excluding carboxylic acids is 5. The van der Waals surface area contributed by atoms with E-state index in [1.165, 1.54) is 6.92 Å². The molecule has 1 aliphatic rings. The summed E-state index contributed by atoms with van der Waals surface area (Å²) in [6.45, 7) is 4.31. The lowest BCUT2D eigenvalue weighted by molar-refractivity contribution is -0.264. The van der Waals surface area contributed by atoms with Gasteiger partial charge in [-0.1, -0.05) is 0 Å². The minimum absolute atomic E-state index is 0.0177. The summed E-state index contributed by atoms with van der Waals surface area (Å²) in [7, 11) is 0. The normalized spacial score (nSPS) is 26.7. The number of carbonyl (C=O) groups is 5. The van der Waals surface area contributed by atoms with Crippen LogP contribution in [0.25, 0.3) is 0 Å². The number of Topliss-reactive ketones (excluding diaryl/α,β-unsaturated/α-hetero) is 1. The van der Waals surface area contributed by atoms with Crippen LogP contribution in [0.1, 0.15) is 40.5 Å². The van der Waals surface area contributed by atoms with Crippen molar-refractivity contribution in [1.29, 1.82) is 0 Å². The van der Waals surface area contributed by atoms with Gasteiger partial charge >= 0.3 is 17.9 Å². The smallest absolute Gasteiger partial charge is 0.303 e. The zero-order valence-corrected chi connectivity index (χ0v) is 16.1. The Labute approximate surface area is 161 Å². The Bertz CT molecular complexity index is 619. The second kappa shape index (κ2) is 10.7. The van der Waals surface area contributed by atoms with Gasteiger partial charge in [0, 0.05) is 33.6 Å². The Hall–Kier alpha value is -2.53. The molecular formula is C17H25NO10. The molecule has 0 aliphatic carbocycles. The van der Waals surface area contributed by atoms with E-state index < -0.39 is 54.5 Å². The molecule has 1 saturated heterocycles. The van der Waals surface area contributed by atoms with Crippen molar-refractivity contribution in [1.82, 2.24) is 5.32 Å². The van der Waals surface area contributed by atoms with Crippen molar-refractivity contribution in [3.63, 3.8) is 0 Å². The fourth-order valence-corrected chi connectivity index (χ4v) is 2.62. The van der Waals surface area contributed by atoms with Gasteiger partial charge < -0.3 is 34.2 Å². The van der Waals surface area contributed by atoms with Gasteiger partial charge in [-0.25, -0.2) is 0 Å². The average Bonchev–Trinajstić information content (AvgIpc) is 2.56. The number of aliphatic hydroxyl groups excluding tert-OH is 1. The Morgan fingerprint density at radius 1 is 0.893 bits per heavy atom. The highest BCUT2D eigenvalue weighted by atomic mass is 16.7. The van der Waals surface area contributed by atoms with Crippen LogP contribution in [0, 0.1) is 0 Å². The molecule has 0 aromatic carbocycles. The van der Waals surface area contributed by atoms with Gasteiger partial charge in [0.15, 0.2) is 18.5 Å². The summed E-state index contributed by atoms with van der Waals surface area (Å²) in [4.78, 5) is 57.2. The van der Waals surface area contributed by atoms with Crippen molar-refractivity contribution in [2.45, 2.75) is 71.2 Å². The van der Waals surface area contributed by atoms with Crippen molar-refractivity contribution >= 4 is 29.6 Å². The molecule has 1 fully saturated rings. The maximum Gasteiger partial charge on any atom is 0.303 e. The molecule has 1 heterocycles. The van der Waals surface area contributed by atoms with Crippen LogP contribution in [0.15, 0.2) is 0 Å². The number of ether oxygens (including phenoxy) is 4. The van der Waals surface area contributed by atoms with Crippen molar-refractivity contribution in [2.24, 2.45) is 0 Å². The lowest BCUT2D eigenvalue weighted by Gasteiger charge is -2.43. The molecule has 5 atom stereocenters. The van der Waals surface area contributed by atoms with Crippen LogP contribution in [-0.4, -0.2) is 72.0 Å². The van der Waals surface area contributed by atoms with E-state index in [1.807, 2.05) is 0 Å². The lowest BCUT2D eigenvalue weighted by Crippen LogP contribution is -2.66. The van der Waals surface area contributed by atoms with Crippen molar-refractivity contribution in [3.8, 4) is 0 Å². The number of nitrogens with one attached hydrogen (secondary N) is 1. The number of amides is 1. The quantitative estimate of drug-likeness (QED) is 0.380. The molecule has 0 unspecified atom stereocenters. The van der Waals surface area contributed by atoms with Crippen LogP contribution in [0.3, 0.4) is 0 Å². The summed E-state index contributed by atoms with van der Waals surface area (Å²) in [5, 5.41) is 12.7. The molecule has 0 saturated carbocycles. The minimum Gasteiger partial charge on any atom is -0.463 e. The van der Waals surface area contributed by atoms with E-state index in [4.69, 9.17) is 18.9 Å². The van der Waals surface area contributed by atoms with E-state index in [2.05, 4.69) is 5.32 Å². The highest BCUT2D eigenvalue weighted by Gasteiger charge is 2.50. The monoisotopic (exact) mass is 403 g/mol. The van der Waals surface area contributed by atoms with E-state index >= 15 is 0 Å². The molecule has 0 aromatic rings. The van der Waals surface area contributed by atoms with E-state index in [1.54, 1.807) is 0 Å². The van der Waals surface area contributed by atoms with E-state index in [9.17, 15) is 29.1 Å². The van der Waals surface area contributed by atoms with Crippen molar-refractivity contribution in [3.05, 3.63) is 0 Å². The fraction of sp³-hybridized carbons (Fsp3) is 0.706. The largest absolute Gasteiger partial charge is 0.463 e. The molecule has 11 heteroatoms. The standard InChI is InChI=1S/C17H25NO10/c1-8(19)5-6-13(23)18-14-16(27-11(4)22)15(26-10(3)21)12(28-17(14)24)7-25-9(2)20/h12,14-17,24H,5-7H2,1-4H3,(H,18,23)/t12-,14-,15-,16-,17-/m1/s1. The number of hydrogen-bond donors (Lipinski definition) is 2. The van der Waals surface area contributed by atoms with Gasteiger partial charge in [-0.3, -0.25) is 19.2 Å². The van der Waals surface area contributed by atoms with Crippen molar-refractivity contribution in [2.75, 3.05) is 6.61 Å². The van der Waals surface area contributed by atoms with Crippen LogP contribution < -0.4 is 5.32 Å². The first kappa shape index (κ1) is 23.5. The minimum atomic E-state index is -1.65. The number of hydrogen-bond acceptors (Lipinski definition) is 10. The second-order valence-corrected chi connectivity index (χ2v) is 6.31. The number of esters is 3. The average molecular weight is 403 g/mol. The topological polar surface area (TPSA) is 155 Å². The predicted molar refractivity (Wildman–Crippen MR) is 90.5 cm³/mol. The van der Waals surface area contributed by atoms with Crippen LogP contribution >= 0.6 is 0 Å². The van der Waals surface area contributed by atoms with Crippen molar-refractivity contribution < 1.29 is 48.0 Å². The van der Waals surface area contributed by atoms with Gasteiger partial charge in [0.1, 0.15) is 24.5 Å². The zero-order chi connectivity index (χ0) is 21.4. The third-order valence-corrected chi connectivity index (χ3v) is 3.75. The van der Waals surface area contributed by atoms with E-state index in [-0.39, 0.29) is 25.2 Å². The molecule has 0 bridgehead atoms. The summed E-state index contributed by atoms with van der Waals surface area (Å²) in [6.07, 6.45) is -5.54. The number of ketones is 1. The SMILES string of the molecule is CC(=O)CCC(=O)N[C@@H]1[C@@H](OC(C)=O)[C@H](OC(C)=O)[C@@H](COC(C)=O)O[C@H]1O. The highest BCUT2D eigenvalue weighted by molar-refractivity contribution is 5.83. The third-order valence-electron chi connectivity index (χ3n) is 3.75. The Morgan fingerprint density at radius 3 is 1.96 bits per heavy atom. The van der Waals surface area contributed by atoms with Crippen LogP contribution in [0.2, 0.25) is 0 Å². The summed E-state index contributed by atoms with van der Waals surface area (Å²) >= 11 is 0.